The summed E-state index contributed by atoms with van der Waals surface area (Å²) in [6, 6.07) is 14.4. The van der Waals surface area contributed by atoms with Gasteiger partial charge in [-0.2, -0.15) is 0 Å². The zero-order chi connectivity index (χ0) is 13.0. The van der Waals surface area contributed by atoms with Crippen LogP contribution in [-0.4, -0.2) is 26.0 Å². The molecule has 1 N–H and O–H groups in total. The van der Waals surface area contributed by atoms with Crippen molar-refractivity contribution < 1.29 is 4.79 Å². The molecule has 0 aromatic heterocycles. The number of likely N-dealkylation sites (N-methyl/N-ethyl adjacent to an activating group) is 2. The van der Waals surface area contributed by atoms with Gasteiger partial charge in [0, 0.05) is 24.7 Å². The van der Waals surface area contributed by atoms with Crippen molar-refractivity contribution in [3.05, 3.63) is 42.5 Å². The van der Waals surface area contributed by atoms with Gasteiger partial charge in [-0.1, -0.05) is 36.4 Å². The molecule has 3 heteroatoms. The Morgan fingerprint density at radius 3 is 2.67 bits per heavy atom. The Labute approximate surface area is 107 Å². The van der Waals surface area contributed by atoms with Gasteiger partial charge in [-0.15, -0.1) is 0 Å². The Hall–Kier alpha value is -2.03. The maximum absolute atomic E-state index is 11.6. The first-order valence-corrected chi connectivity index (χ1v) is 6.18. The van der Waals surface area contributed by atoms with Gasteiger partial charge in [-0.05, 0) is 18.4 Å². The third kappa shape index (κ3) is 2.62. The van der Waals surface area contributed by atoms with Crippen LogP contribution in [-0.2, 0) is 4.79 Å². The molecule has 0 saturated heterocycles. The smallest absolute Gasteiger partial charge is 0.239 e. The third-order valence-corrected chi connectivity index (χ3v) is 2.93. The van der Waals surface area contributed by atoms with E-state index < -0.39 is 0 Å². The van der Waals surface area contributed by atoms with Crippen molar-refractivity contribution >= 4 is 22.4 Å². The zero-order valence-corrected chi connectivity index (χ0v) is 10.8. The van der Waals surface area contributed by atoms with E-state index in [-0.39, 0.29) is 5.91 Å². The lowest BCUT2D eigenvalue weighted by atomic mass is 10.1. The highest BCUT2D eigenvalue weighted by Crippen LogP contribution is 2.25. The van der Waals surface area contributed by atoms with Gasteiger partial charge in [0.2, 0.25) is 5.91 Å². The minimum absolute atomic E-state index is 0.0490. The van der Waals surface area contributed by atoms with E-state index in [0.717, 1.165) is 5.69 Å². The lowest BCUT2D eigenvalue weighted by molar-refractivity contribution is -0.119. The maximum Gasteiger partial charge on any atom is 0.239 e. The van der Waals surface area contributed by atoms with Crippen molar-refractivity contribution in [3.8, 4) is 0 Å². The summed E-state index contributed by atoms with van der Waals surface area (Å²) >= 11 is 0. The van der Waals surface area contributed by atoms with Crippen LogP contribution in [0.5, 0.6) is 0 Å². The third-order valence-electron chi connectivity index (χ3n) is 2.93. The van der Waals surface area contributed by atoms with Gasteiger partial charge < -0.3 is 10.2 Å². The number of fused-ring (bicyclic) bond motifs is 1. The van der Waals surface area contributed by atoms with Crippen LogP contribution < -0.4 is 10.2 Å². The second-order valence-corrected chi connectivity index (χ2v) is 4.31. The molecule has 2 aromatic rings. The molecule has 2 rings (SSSR count). The van der Waals surface area contributed by atoms with Crippen molar-refractivity contribution in [3.63, 3.8) is 0 Å². The molecular weight excluding hydrogens is 224 g/mol. The van der Waals surface area contributed by atoms with E-state index in [1.807, 2.05) is 43.1 Å². The SMILES string of the molecule is CCNC(=O)CN(C)c1cccc2ccccc12. The Morgan fingerprint density at radius 2 is 1.89 bits per heavy atom. The summed E-state index contributed by atoms with van der Waals surface area (Å²) in [5, 5.41) is 5.18. The molecule has 0 aliphatic rings. The van der Waals surface area contributed by atoms with Crippen molar-refractivity contribution in [2.75, 3.05) is 25.0 Å². The molecule has 0 aliphatic carbocycles. The predicted octanol–water partition coefficient (Wildman–Crippen LogP) is 2.41. The van der Waals surface area contributed by atoms with Crippen LogP contribution >= 0.6 is 0 Å². The standard InChI is InChI=1S/C15H18N2O/c1-3-16-15(18)11-17(2)14-10-6-8-12-7-4-5-9-13(12)14/h4-10H,3,11H2,1-2H3,(H,16,18). The van der Waals surface area contributed by atoms with E-state index in [4.69, 9.17) is 0 Å². The molecule has 0 heterocycles. The number of benzene rings is 2. The van der Waals surface area contributed by atoms with Crippen molar-refractivity contribution in [1.82, 2.24) is 5.32 Å². The number of carbonyl (C=O) groups is 1. The van der Waals surface area contributed by atoms with Gasteiger partial charge in [0.25, 0.3) is 0 Å². The highest BCUT2D eigenvalue weighted by Gasteiger charge is 2.09. The number of carbonyl (C=O) groups excluding carboxylic acids is 1. The molecule has 0 unspecified atom stereocenters. The summed E-state index contributed by atoms with van der Waals surface area (Å²) in [5.74, 6) is 0.0490. The second kappa shape index (κ2) is 5.54. The first-order chi connectivity index (χ1) is 8.72. The summed E-state index contributed by atoms with van der Waals surface area (Å²) in [4.78, 5) is 13.6. The molecule has 0 fully saturated rings. The van der Waals surface area contributed by atoms with Crippen LogP contribution in [0.15, 0.2) is 42.5 Å². The number of hydrogen-bond acceptors (Lipinski definition) is 2. The lowest BCUT2D eigenvalue weighted by Crippen LogP contribution is -2.35. The molecule has 1 amide bonds. The summed E-state index contributed by atoms with van der Waals surface area (Å²) < 4.78 is 0. The van der Waals surface area contributed by atoms with Gasteiger partial charge in [-0.25, -0.2) is 0 Å². The van der Waals surface area contributed by atoms with Crippen molar-refractivity contribution in [1.29, 1.82) is 0 Å². The molecule has 94 valence electrons. The first kappa shape index (κ1) is 12.4. The van der Waals surface area contributed by atoms with Crippen LogP contribution in [0.3, 0.4) is 0 Å². The molecule has 0 radical (unpaired) electrons. The maximum atomic E-state index is 11.6. The molecule has 0 bridgehead atoms. The zero-order valence-electron chi connectivity index (χ0n) is 10.8. The number of hydrogen-bond donors (Lipinski definition) is 1. The Balaban J connectivity index is 2.27. The van der Waals surface area contributed by atoms with Crippen molar-refractivity contribution in [2.45, 2.75) is 6.92 Å². The van der Waals surface area contributed by atoms with E-state index in [9.17, 15) is 4.79 Å². The molecule has 0 spiro atoms. The van der Waals surface area contributed by atoms with Crippen molar-refractivity contribution in [2.24, 2.45) is 0 Å². The van der Waals surface area contributed by atoms with E-state index in [0.29, 0.717) is 13.1 Å². The van der Waals surface area contributed by atoms with Gasteiger partial charge in [-0.3, -0.25) is 4.79 Å². The summed E-state index contributed by atoms with van der Waals surface area (Å²) in [6.45, 7) is 2.97. The molecule has 18 heavy (non-hydrogen) atoms. The fourth-order valence-corrected chi connectivity index (χ4v) is 2.09. The average Bonchev–Trinajstić information content (AvgIpc) is 2.38. The van der Waals surface area contributed by atoms with Crippen LogP contribution in [0, 0.1) is 0 Å². The average molecular weight is 242 g/mol. The minimum atomic E-state index is 0.0490. The van der Waals surface area contributed by atoms with E-state index >= 15 is 0 Å². The molecule has 2 aromatic carbocycles. The highest BCUT2D eigenvalue weighted by atomic mass is 16.1. The van der Waals surface area contributed by atoms with Crippen LogP contribution in [0.2, 0.25) is 0 Å². The minimum Gasteiger partial charge on any atom is -0.365 e. The number of rotatable bonds is 4. The number of nitrogens with one attached hydrogen (secondary N) is 1. The van der Waals surface area contributed by atoms with E-state index in [1.54, 1.807) is 0 Å². The number of amides is 1. The predicted molar refractivity (Wildman–Crippen MR) is 75.9 cm³/mol. The topological polar surface area (TPSA) is 32.3 Å². The summed E-state index contributed by atoms with van der Waals surface area (Å²) in [5.41, 5.74) is 1.08. The molecular formula is C15H18N2O. The largest absolute Gasteiger partial charge is 0.365 e. The summed E-state index contributed by atoms with van der Waals surface area (Å²) in [6.07, 6.45) is 0. The molecule has 0 aliphatic heterocycles. The van der Waals surface area contributed by atoms with E-state index in [1.165, 1.54) is 10.8 Å². The monoisotopic (exact) mass is 242 g/mol. The lowest BCUT2D eigenvalue weighted by Gasteiger charge is -2.20. The van der Waals surface area contributed by atoms with E-state index in [2.05, 4.69) is 23.5 Å². The first-order valence-electron chi connectivity index (χ1n) is 6.18. The number of anilines is 1. The Morgan fingerprint density at radius 1 is 1.17 bits per heavy atom. The van der Waals surface area contributed by atoms with Crippen LogP contribution in [0.25, 0.3) is 10.8 Å². The fourth-order valence-electron chi connectivity index (χ4n) is 2.09. The Bertz CT molecular complexity index is 546. The molecule has 3 nitrogen and oxygen atoms in total. The normalized spacial score (nSPS) is 10.3. The van der Waals surface area contributed by atoms with Crippen LogP contribution in [0.4, 0.5) is 5.69 Å². The van der Waals surface area contributed by atoms with Gasteiger partial charge >= 0.3 is 0 Å². The van der Waals surface area contributed by atoms with Gasteiger partial charge in [0.05, 0.1) is 6.54 Å². The summed E-state index contributed by atoms with van der Waals surface area (Å²) in [7, 11) is 1.94. The van der Waals surface area contributed by atoms with Crippen LogP contribution in [0.1, 0.15) is 6.92 Å². The fraction of sp³-hybridized carbons (Fsp3) is 0.267. The quantitative estimate of drug-likeness (QED) is 0.893. The van der Waals surface area contributed by atoms with Gasteiger partial charge in [0.15, 0.2) is 0 Å². The second-order valence-electron chi connectivity index (χ2n) is 4.31. The molecule has 0 saturated carbocycles. The Kier molecular flexibility index (Phi) is 3.82. The highest BCUT2D eigenvalue weighted by molar-refractivity contribution is 5.95. The molecule has 0 atom stereocenters. The van der Waals surface area contributed by atoms with Gasteiger partial charge in [0.1, 0.15) is 0 Å². The number of nitrogens with zero attached hydrogens (tertiary/aromatic N) is 1.